The highest BCUT2D eigenvalue weighted by Gasteiger charge is 2.20. The van der Waals surface area contributed by atoms with Crippen LogP contribution in [0.5, 0.6) is 0 Å². The van der Waals surface area contributed by atoms with Gasteiger partial charge in [-0.2, -0.15) is 0 Å². The van der Waals surface area contributed by atoms with Gasteiger partial charge in [0.25, 0.3) is 0 Å². The molecule has 322 valence electrons. The van der Waals surface area contributed by atoms with Crippen molar-refractivity contribution < 1.29 is 15.0 Å². The fourth-order valence-corrected chi connectivity index (χ4v) is 7.95. The van der Waals surface area contributed by atoms with Crippen LogP contribution in [0, 0.1) is 0 Å². The first-order chi connectivity index (χ1) is 26.7. The topological polar surface area (TPSA) is 69.6 Å². The molecular formula is C50H99NO3. The molecule has 4 nitrogen and oxygen atoms in total. The molecule has 54 heavy (non-hydrogen) atoms. The molecule has 0 aliphatic heterocycles. The van der Waals surface area contributed by atoms with Gasteiger partial charge < -0.3 is 15.5 Å². The molecule has 0 bridgehead atoms. The Morgan fingerprint density at radius 1 is 0.426 bits per heavy atom. The number of aliphatic hydroxyl groups is 2. The number of hydrogen-bond acceptors (Lipinski definition) is 3. The molecule has 1 amide bonds. The van der Waals surface area contributed by atoms with Crippen LogP contribution in [-0.4, -0.2) is 34.9 Å². The maximum atomic E-state index is 12.4. The van der Waals surface area contributed by atoms with Crippen LogP contribution < -0.4 is 5.32 Å². The van der Waals surface area contributed by atoms with Crippen LogP contribution in [0.25, 0.3) is 0 Å². The van der Waals surface area contributed by atoms with E-state index in [1.165, 1.54) is 231 Å². The van der Waals surface area contributed by atoms with E-state index in [1.54, 1.807) is 0 Å². The Morgan fingerprint density at radius 2 is 0.704 bits per heavy atom. The summed E-state index contributed by atoms with van der Waals surface area (Å²) in [4.78, 5) is 12.4. The summed E-state index contributed by atoms with van der Waals surface area (Å²) in [5.41, 5.74) is 0. The predicted octanol–water partition coefficient (Wildman–Crippen LogP) is 15.8. The number of rotatable bonds is 46. The molecule has 0 saturated carbocycles. The van der Waals surface area contributed by atoms with Gasteiger partial charge in [-0.05, 0) is 38.5 Å². The van der Waals surface area contributed by atoms with Crippen LogP contribution in [0.1, 0.15) is 284 Å². The predicted molar refractivity (Wildman–Crippen MR) is 239 cm³/mol. The highest BCUT2D eigenvalue weighted by atomic mass is 16.3. The molecule has 0 saturated heterocycles. The van der Waals surface area contributed by atoms with Crippen molar-refractivity contribution in [2.75, 3.05) is 6.61 Å². The highest BCUT2D eigenvalue weighted by molar-refractivity contribution is 5.76. The Bertz CT molecular complexity index is 739. The standard InChI is InChI=1S/C50H99NO3/c1-3-5-7-9-11-13-15-17-18-19-20-21-22-23-24-25-26-27-28-29-30-31-32-34-36-38-40-42-44-46-50(54)51-48(47-52)49(53)45-43-41-39-37-35-33-16-14-12-10-8-6-4-2/h23-24,48-49,52-53H,3-22,25-47H2,1-2H3,(H,51,54)/b24-23-. The average molecular weight is 762 g/mol. The van der Waals surface area contributed by atoms with E-state index < -0.39 is 12.1 Å². The van der Waals surface area contributed by atoms with Crippen molar-refractivity contribution in [3.8, 4) is 0 Å². The van der Waals surface area contributed by atoms with Crippen LogP contribution in [0.15, 0.2) is 12.2 Å². The van der Waals surface area contributed by atoms with Crippen LogP contribution in [-0.2, 0) is 4.79 Å². The first-order valence-corrected chi connectivity index (χ1v) is 24.9. The van der Waals surface area contributed by atoms with Gasteiger partial charge in [0.05, 0.1) is 18.8 Å². The number of carbonyl (C=O) groups excluding carboxylic acids is 1. The molecule has 0 radical (unpaired) electrons. The molecule has 0 aromatic carbocycles. The zero-order valence-corrected chi connectivity index (χ0v) is 37.0. The number of nitrogens with one attached hydrogen (secondary N) is 1. The van der Waals surface area contributed by atoms with Gasteiger partial charge in [0, 0.05) is 6.42 Å². The van der Waals surface area contributed by atoms with Gasteiger partial charge >= 0.3 is 0 Å². The van der Waals surface area contributed by atoms with Crippen molar-refractivity contribution in [3.05, 3.63) is 12.2 Å². The number of carbonyl (C=O) groups is 1. The van der Waals surface area contributed by atoms with E-state index in [-0.39, 0.29) is 12.5 Å². The van der Waals surface area contributed by atoms with Gasteiger partial charge in [0.15, 0.2) is 0 Å². The summed E-state index contributed by atoms with van der Waals surface area (Å²) in [5.74, 6) is -0.0278. The largest absolute Gasteiger partial charge is 0.394 e. The molecule has 0 aliphatic carbocycles. The number of hydrogen-bond donors (Lipinski definition) is 3. The zero-order chi connectivity index (χ0) is 39.3. The van der Waals surface area contributed by atoms with E-state index >= 15 is 0 Å². The monoisotopic (exact) mass is 762 g/mol. The number of aliphatic hydroxyl groups excluding tert-OH is 2. The van der Waals surface area contributed by atoms with Gasteiger partial charge in [-0.1, -0.05) is 251 Å². The molecule has 2 atom stereocenters. The van der Waals surface area contributed by atoms with Crippen molar-refractivity contribution >= 4 is 5.91 Å². The third kappa shape index (κ3) is 42.3. The molecule has 2 unspecified atom stereocenters. The number of amides is 1. The second kappa shape index (κ2) is 46.5. The van der Waals surface area contributed by atoms with Crippen LogP contribution in [0.2, 0.25) is 0 Å². The Morgan fingerprint density at radius 3 is 1.02 bits per heavy atom. The first kappa shape index (κ1) is 53.1. The van der Waals surface area contributed by atoms with Gasteiger partial charge in [-0.15, -0.1) is 0 Å². The summed E-state index contributed by atoms with van der Waals surface area (Å²) < 4.78 is 0. The Balaban J connectivity index is 3.41. The van der Waals surface area contributed by atoms with E-state index in [2.05, 4.69) is 31.3 Å². The molecule has 0 rings (SSSR count). The molecule has 0 aliphatic rings. The van der Waals surface area contributed by atoms with Gasteiger partial charge in [0.1, 0.15) is 0 Å². The van der Waals surface area contributed by atoms with Crippen LogP contribution in [0.3, 0.4) is 0 Å². The molecular weight excluding hydrogens is 663 g/mol. The molecule has 0 aromatic rings. The maximum Gasteiger partial charge on any atom is 0.220 e. The highest BCUT2D eigenvalue weighted by Crippen LogP contribution is 2.17. The summed E-state index contributed by atoms with van der Waals surface area (Å²) >= 11 is 0. The molecule has 0 spiro atoms. The molecule has 0 fully saturated rings. The normalized spacial score (nSPS) is 12.9. The molecule has 3 N–H and O–H groups in total. The number of unbranched alkanes of at least 4 members (excludes halogenated alkanes) is 37. The third-order valence-electron chi connectivity index (χ3n) is 11.8. The second-order valence-electron chi connectivity index (χ2n) is 17.2. The molecule has 0 heterocycles. The van der Waals surface area contributed by atoms with Crippen molar-refractivity contribution in [2.45, 2.75) is 296 Å². The Hall–Kier alpha value is -0.870. The van der Waals surface area contributed by atoms with E-state index in [4.69, 9.17) is 0 Å². The Kier molecular flexibility index (Phi) is 45.8. The lowest BCUT2D eigenvalue weighted by atomic mass is 10.0. The fraction of sp³-hybridized carbons (Fsp3) is 0.940. The smallest absolute Gasteiger partial charge is 0.220 e. The van der Waals surface area contributed by atoms with Crippen LogP contribution >= 0.6 is 0 Å². The fourth-order valence-electron chi connectivity index (χ4n) is 7.95. The van der Waals surface area contributed by atoms with Crippen LogP contribution in [0.4, 0.5) is 0 Å². The van der Waals surface area contributed by atoms with Crippen molar-refractivity contribution in [1.82, 2.24) is 5.32 Å². The van der Waals surface area contributed by atoms with E-state index in [1.807, 2.05) is 0 Å². The summed E-state index contributed by atoms with van der Waals surface area (Å²) in [6, 6.07) is -0.532. The van der Waals surface area contributed by atoms with E-state index in [9.17, 15) is 15.0 Å². The van der Waals surface area contributed by atoms with Gasteiger partial charge in [-0.25, -0.2) is 0 Å². The lowest BCUT2D eigenvalue weighted by Crippen LogP contribution is -2.45. The summed E-state index contributed by atoms with van der Waals surface area (Å²) in [6.45, 7) is 4.38. The van der Waals surface area contributed by atoms with E-state index in [0.29, 0.717) is 12.8 Å². The van der Waals surface area contributed by atoms with Crippen molar-refractivity contribution in [3.63, 3.8) is 0 Å². The minimum absolute atomic E-state index is 0.0278. The van der Waals surface area contributed by atoms with Gasteiger partial charge in [-0.3, -0.25) is 4.79 Å². The Labute approximate surface area is 339 Å². The summed E-state index contributed by atoms with van der Waals surface area (Å²) in [6.07, 6.45) is 58.9. The minimum atomic E-state index is -0.655. The zero-order valence-electron chi connectivity index (χ0n) is 37.0. The first-order valence-electron chi connectivity index (χ1n) is 24.9. The lowest BCUT2D eigenvalue weighted by molar-refractivity contribution is -0.123. The van der Waals surface area contributed by atoms with E-state index in [0.717, 1.165) is 25.7 Å². The van der Waals surface area contributed by atoms with Crippen molar-refractivity contribution in [1.29, 1.82) is 0 Å². The SMILES string of the molecule is CCCCCCCCCCCCCC/C=C\CCCCCCCCCCCCCCCC(=O)NC(CO)C(O)CCCCCCCCCCCCCCC. The summed E-state index contributed by atoms with van der Waals surface area (Å²) in [7, 11) is 0. The summed E-state index contributed by atoms with van der Waals surface area (Å²) in [5, 5.41) is 23.2. The maximum absolute atomic E-state index is 12.4. The average Bonchev–Trinajstić information content (AvgIpc) is 3.18. The molecule has 4 heteroatoms. The number of allylic oxidation sites excluding steroid dienone is 2. The second-order valence-corrected chi connectivity index (χ2v) is 17.2. The quantitative estimate of drug-likeness (QED) is 0.0427. The van der Waals surface area contributed by atoms with Crippen molar-refractivity contribution in [2.24, 2.45) is 0 Å². The third-order valence-corrected chi connectivity index (χ3v) is 11.8. The molecule has 0 aromatic heterocycles. The minimum Gasteiger partial charge on any atom is -0.394 e. The van der Waals surface area contributed by atoms with Gasteiger partial charge in [0.2, 0.25) is 5.91 Å². The lowest BCUT2D eigenvalue weighted by Gasteiger charge is -2.22.